The molecule has 1 aliphatic carbocycles. The molecule has 2 aromatic heterocycles. The summed E-state index contributed by atoms with van der Waals surface area (Å²) in [6.07, 6.45) is 5.48. The Morgan fingerprint density at radius 1 is 1.09 bits per heavy atom. The molecule has 4 aliphatic rings. The van der Waals surface area contributed by atoms with Gasteiger partial charge >= 0.3 is 5.92 Å². The molecular weight excluding hydrogens is 488 g/mol. The van der Waals surface area contributed by atoms with Crippen LogP contribution in [0.4, 0.5) is 26.5 Å². The first-order chi connectivity index (χ1) is 16.3. The molecule has 2 N–H and O–H groups in total. The van der Waals surface area contributed by atoms with E-state index in [9.17, 15) is 18.1 Å². The lowest BCUT2D eigenvalue weighted by molar-refractivity contribution is 0.0191. The van der Waals surface area contributed by atoms with Gasteiger partial charge < -0.3 is 20.2 Å². The number of halogens is 3. The summed E-state index contributed by atoms with van der Waals surface area (Å²) in [5, 5.41) is 13.5. The molecule has 3 atom stereocenters. The van der Waals surface area contributed by atoms with Crippen LogP contribution in [-0.4, -0.2) is 73.3 Å². The second-order valence-corrected chi connectivity index (χ2v) is 11.5. The zero-order valence-corrected chi connectivity index (χ0v) is 19.8. The van der Waals surface area contributed by atoms with Crippen molar-refractivity contribution in [3.05, 3.63) is 23.1 Å². The van der Waals surface area contributed by atoms with Crippen molar-refractivity contribution in [3.63, 3.8) is 0 Å². The number of anilines is 3. The average Bonchev–Trinajstić information content (AvgIpc) is 3.41. The highest BCUT2D eigenvalue weighted by molar-refractivity contribution is 7.85. The molecule has 3 fully saturated rings. The van der Waals surface area contributed by atoms with Crippen molar-refractivity contribution in [1.29, 1.82) is 0 Å². The summed E-state index contributed by atoms with van der Waals surface area (Å²) in [5.74, 6) is -2.48. The molecule has 34 heavy (non-hydrogen) atoms. The molecule has 0 aromatic carbocycles. The van der Waals surface area contributed by atoms with Crippen LogP contribution in [0.15, 0.2) is 17.3 Å². The molecule has 0 bridgehead atoms. The highest BCUT2D eigenvalue weighted by Crippen LogP contribution is 2.45. The number of aliphatic hydroxyl groups excluding tert-OH is 1. The van der Waals surface area contributed by atoms with Gasteiger partial charge in [0.1, 0.15) is 16.4 Å². The molecular formula is C21H24ClF2N7O2S. The van der Waals surface area contributed by atoms with Gasteiger partial charge in [0.2, 0.25) is 11.9 Å². The molecule has 1 saturated carbocycles. The zero-order valence-electron chi connectivity index (χ0n) is 18.3. The van der Waals surface area contributed by atoms with E-state index in [1.54, 1.807) is 12.4 Å². The van der Waals surface area contributed by atoms with Crippen LogP contribution in [-0.2, 0) is 16.7 Å². The number of nitrogens with one attached hydrogen (secondary N) is 1. The van der Waals surface area contributed by atoms with E-state index in [1.807, 2.05) is 4.90 Å². The van der Waals surface area contributed by atoms with E-state index in [-0.39, 0.29) is 35.1 Å². The molecule has 0 spiro atoms. The standard InChI is InChI=1S/C21H24ClF2N7O2S/c22-14-4-25-18(26-5-14)30-6-12-8-31(9-13(12)7-30)19-27-16-15(34(33)11-21(16,23)24)17(28-19)29-20(10-32)2-1-3-20/h4-5,12-13,32H,1-3,6-11H2,(H,27,28,29)/t12?,13?,34-/m0/s1. The van der Waals surface area contributed by atoms with E-state index in [1.165, 1.54) is 0 Å². The van der Waals surface area contributed by atoms with E-state index >= 15 is 0 Å². The van der Waals surface area contributed by atoms with Crippen molar-refractivity contribution in [3.8, 4) is 0 Å². The topological polar surface area (TPSA) is 107 Å². The maximum atomic E-state index is 14.7. The summed E-state index contributed by atoms with van der Waals surface area (Å²) < 4.78 is 42.0. The van der Waals surface area contributed by atoms with Crippen LogP contribution in [0, 0.1) is 11.8 Å². The third kappa shape index (κ3) is 3.61. The summed E-state index contributed by atoms with van der Waals surface area (Å²) >= 11 is 5.89. The number of hydrogen-bond donors (Lipinski definition) is 2. The number of hydrogen-bond acceptors (Lipinski definition) is 9. The Morgan fingerprint density at radius 2 is 1.71 bits per heavy atom. The van der Waals surface area contributed by atoms with Gasteiger partial charge in [0.25, 0.3) is 0 Å². The van der Waals surface area contributed by atoms with Crippen molar-refractivity contribution in [2.24, 2.45) is 11.8 Å². The summed E-state index contributed by atoms with van der Waals surface area (Å²) in [4.78, 5) is 21.4. The Balaban J connectivity index is 1.27. The van der Waals surface area contributed by atoms with Crippen molar-refractivity contribution in [1.82, 2.24) is 19.9 Å². The molecule has 13 heteroatoms. The molecule has 182 valence electrons. The minimum atomic E-state index is -3.28. The Morgan fingerprint density at radius 3 is 2.26 bits per heavy atom. The van der Waals surface area contributed by atoms with Crippen LogP contribution in [0.25, 0.3) is 0 Å². The van der Waals surface area contributed by atoms with Crippen molar-refractivity contribution in [2.75, 3.05) is 53.7 Å². The fourth-order valence-corrected chi connectivity index (χ4v) is 6.83. The molecule has 6 rings (SSSR count). The molecule has 3 aliphatic heterocycles. The predicted molar refractivity (Wildman–Crippen MR) is 123 cm³/mol. The molecule has 0 amide bonds. The van der Waals surface area contributed by atoms with Crippen molar-refractivity contribution in [2.45, 2.75) is 35.6 Å². The van der Waals surface area contributed by atoms with Gasteiger partial charge in [-0.1, -0.05) is 11.6 Å². The van der Waals surface area contributed by atoms with E-state index in [2.05, 4.69) is 30.2 Å². The second kappa shape index (κ2) is 7.92. The molecule has 2 aromatic rings. The van der Waals surface area contributed by atoms with Crippen LogP contribution >= 0.6 is 11.6 Å². The normalized spacial score (nSPS) is 28.5. The first-order valence-electron chi connectivity index (χ1n) is 11.3. The van der Waals surface area contributed by atoms with Crippen LogP contribution in [0.1, 0.15) is 25.0 Å². The highest BCUT2D eigenvalue weighted by atomic mass is 35.5. The van der Waals surface area contributed by atoms with Crippen LogP contribution < -0.4 is 15.1 Å². The fraction of sp³-hybridized carbons (Fsp3) is 0.619. The SMILES string of the molecule is O=[S@]1CC(F)(F)c2nc(N3CC4CN(c5ncc(Cl)cn5)CC4C3)nc(NC3(CO)CCC3)c21. The molecule has 5 heterocycles. The maximum absolute atomic E-state index is 14.7. The van der Waals surface area contributed by atoms with Crippen LogP contribution in [0.5, 0.6) is 0 Å². The van der Waals surface area contributed by atoms with Gasteiger partial charge in [-0.2, -0.15) is 13.8 Å². The largest absolute Gasteiger partial charge is 0.394 e. The highest BCUT2D eigenvalue weighted by Gasteiger charge is 2.50. The maximum Gasteiger partial charge on any atom is 0.302 e. The minimum absolute atomic E-state index is 0.0288. The Kier molecular flexibility index (Phi) is 5.19. The summed E-state index contributed by atoms with van der Waals surface area (Å²) in [6.45, 7) is 2.58. The van der Waals surface area contributed by atoms with Gasteiger partial charge in [0, 0.05) is 38.0 Å². The second-order valence-electron chi connectivity index (χ2n) is 9.69. The summed E-state index contributed by atoms with van der Waals surface area (Å²) in [7, 11) is -1.90. The van der Waals surface area contributed by atoms with Crippen LogP contribution in [0.3, 0.4) is 0 Å². The molecule has 2 unspecified atom stereocenters. The number of aliphatic hydroxyl groups is 1. The fourth-order valence-electron chi connectivity index (χ4n) is 5.40. The van der Waals surface area contributed by atoms with E-state index in [0.717, 1.165) is 19.5 Å². The quantitative estimate of drug-likeness (QED) is 0.623. The summed E-state index contributed by atoms with van der Waals surface area (Å²) in [6, 6.07) is 0. The first kappa shape index (κ1) is 22.3. The Labute approximate surface area is 202 Å². The first-order valence-corrected chi connectivity index (χ1v) is 13.0. The Hall–Kier alpha value is -2.18. The van der Waals surface area contributed by atoms with Crippen molar-refractivity contribution >= 4 is 40.1 Å². The minimum Gasteiger partial charge on any atom is -0.394 e. The predicted octanol–water partition coefficient (Wildman–Crippen LogP) is 2.03. The third-order valence-corrected chi connectivity index (χ3v) is 9.06. The molecule has 0 radical (unpaired) electrons. The lowest BCUT2D eigenvalue weighted by Crippen LogP contribution is -2.48. The monoisotopic (exact) mass is 511 g/mol. The molecule has 9 nitrogen and oxygen atoms in total. The van der Waals surface area contributed by atoms with E-state index in [0.29, 0.717) is 36.9 Å². The van der Waals surface area contributed by atoms with Gasteiger partial charge in [-0.15, -0.1) is 0 Å². The number of alkyl halides is 2. The molecule has 2 saturated heterocycles. The van der Waals surface area contributed by atoms with Crippen molar-refractivity contribution < 1.29 is 18.1 Å². The lowest BCUT2D eigenvalue weighted by atomic mass is 9.77. The van der Waals surface area contributed by atoms with E-state index in [4.69, 9.17) is 11.6 Å². The van der Waals surface area contributed by atoms with Gasteiger partial charge in [-0.05, 0) is 19.3 Å². The lowest BCUT2D eigenvalue weighted by Gasteiger charge is -2.41. The van der Waals surface area contributed by atoms with Crippen LogP contribution in [0.2, 0.25) is 5.02 Å². The summed E-state index contributed by atoms with van der Waals surface area (Å²) in [5.41, 5.74) is -1.07. The van der Waals surface area contributed by atoms with Gasteiger partial charge in [-0.3, -0.25) is 4.21 Å². The smallest absolute Gasteiger partial charge is 0.302 e. The number of aromatic nitrogens is 4. The number of fused-ring (bicyclic) bond motifs is 2. The zero-order chi connectivity index (χ0) is 23.7. The van der Waals surface area contributed by atoms with E-state index < -0.39 is 33.7 Å². The number of rotatable bonds is 5. The third-order valence-electron chi connectivity index (χ3n) is 7.40. The average molecular weight is 512 g/mol. The Bertz CT molecular complexity index is 1130. The number of nitrogens with zero attached hydrogens (tertiary/aromatic N) is 6. The van der Waals surface area contributed by atoms with Gasteiger partial charge in [0.05, 0.1) is 46.1 Å². The van der Waals surface area contributed by atoms with Gasteiger partial charge in [0.15, 0.2) is 0 Å². The van der Waals surface area contributed by atoms with Gasteiger partial charge in [-0.25, -0.2) is 15.0 Å².